The van der Waals surface area contributed by atoms with Crippen LogP contribution < -0.4 is 10.6 Å². The number of nitrogens with zero attached hydrogens (tertiary/aromatic N) is 2. The maximum absolute atomic E-state index is 12.5. The number of carbonyl (C=O) groups is 2. The Balaban J connectivity index is 1.63. The van der Waals surface area contributed by atoms with E-state index >= 15 is 0 Å². The van der Waals surface area contributed by atoms with Gasteiger partial charge in [0.1, 0.15) is 5.82 Å². The monoisotopic (exact) mass is 354 g/mol. The summed E-state index contributed by atoms with van der Waals surface area (Å²) >= 11 is 0. The van der Waals surface area contributed by atoms with Gasteiger partial charge in [0.05, 0.1) is 24.7 Å². The van der Waals surface area contributed by atoms with Crippen LogP contribution >= 0.6 is 0 Å². The lowest BCUT2D eigenvalue weighted by molar-refractivity contribution is -0.122. The predicted molar refractivity (Wildman–Crippen MR) is 99.4 cm³/mol. The van der Waals surface area contributed by atoms with Crippen molar-refractivity contribution in [2.24, 2.45) is 0 Å². The van der Waals surface area contributed by atoms with Gasteiger partial charge in [-0.15, -0.1) is 0 Å². The second-order valence-corrected chi connectivity index (χ2v) is 6.81. The van der Waals surface area contributed by atoms with Gasteiger partial charge >= 0.3 is 0 Å². The topological polar surface area (TPSA) is 76.0 Å². The molecule has 0 spiro atoms. The number of aryl methyl sites for hydroxylation is 1. The van der Waals surface area contributed by atoms with Crippen molar-refractivity contribution in [2.45, 2.75) is 58.7 Å². The normalized spacial score (nSPS) is 14.4. The van der Waals surface area contributed by atoms with Crippen LogP contribution in [0.2, 0.25) is 0 Å². The average Bonchev–Trinajstić information content (AvgIpc) is 2.96. The van der Waals surface area contributed by atoms with Gasteiger partial charge in [0.25, 0.3) is 0 Å². The lowest BCUT2D eigenvalue weighted by atomic mass is 10.0. The summed E-state index contributed by atoms with van der Waals surface area (Å²) in [6, 6.07) is 9.24. The number of fused-ring (bicyclic) bond motifs is 1. The first-order chi connectivity index (χ1) is 12.5. The van der Waals surface area contributed by atoms with Crippen molar-refractivity contribution in [1.29, 1.82) is 0 Å². The molecule has 2 aromatic rings. The largest absolute Gasteiger partial charge is 0.350 e. The first kappa shape index (κ1) is 18.2. The number of imidazole rings is 1. The van der Waals surface area contributed by atoms with Crippen LogP contribution in [0.25, 0.3) is 0 Å². The molecule has 0 saturated carbocycles. The van der Waals surface area contributed by atoms with Crippen LogP contribution in [0.3, 0.4) is 0 Å². The highest BCUT2D eigenvalue weighted by Gasteiger charge is 2.20. The molecule has 138 valence electrons. The highest BCUT2D eigenvalue weighted by atomic mass is 16.2. The minimum absolute atomic E-state index is 0.0946. The standard InChI is InChI=1S/C20H26N4O2/c1-14-22-18(19-10-6-7-11-24(14)19)13-21-20(26)12-17(23-15(2)25)16-8-4-3-5-9-16/h3-5,8-9,17H,6-7,10-13H2,1-2H3,(H,21,26)(H,23,25)/t17-/m0/s1. The maximum Gasteiger partial charge on any atom is 0.222 e. The van der Waals surface area contributed by atoms with Crippen molar-refractivity contribution in [3.8, 4) is 0 Å². The highest BCUT2D eigenvalue weighted by molar-refractivity contribution is 5.79. The van der Waals surface area contributed by atoms with Gasteiger partial charge in [-0.1, -0.05) is 30.3 Å². The summed E-state index contributed by atoms with van der Waals surface area (Å²) < 4.78 is 2.26. The fraction of sp³-hybridized carbons (Fsp3) is 0.450. The Morgan fingerprint density at radius 2 is 2.00 bits per heavy atom. The number of nitrogens with one attached hydrogen (secondary N) is 2. The second kappa shape index (κ2) is 8.17. The first-order valence-electron chi connectivity index (χ1n) is 9.18. The molecular weight excluding hydrogens is 328 g/mol. The van der Waals surface area contributed by atoms with E-state index < -0.39 is 0 Å². The molecule has 2 amide bonds. The quantitative estimate of drug-likeness (QED) is 0.836. The minimum atomic E-state index is -0.327. The third-order valence-electron chi connectivity index (χ3n) is 4.81. The molecule has 1 aliphatic rings. The highest BCUT2D eigenvalue weighted by Crippen LogP contribution is 2.21. The number of rotatable bonds is 6. The van der Waals surface area contributed by atoms with E-state index in [4.69, 9.17) is 0 Å². The van der Waals surface area contributed by atoms with Crippen LogP contribution in [0.1, 0.15) is 55.0 Å². The first-order valence-corrected chi connectivity index (χ1v) is 9.18. The predicted octanol–water partition coefficient (Wildman–Crippen LogP) is 2.41. The summed E-state index contributed by atoms with van der Waals surface area (Å²) in [4.78, 5) is 28.6. The zero-order valence-electron chi connectivity index (χ0n) is 15.4. The zero-order chi connectivity index (χ0) is 18.5. The number of amides is 2. The second-order valence-electron chi connectivity index (χ2n) is 6.81. The summed E-state index contributed by atoms with van der Waals surface area (Å²) in [5.41, 5.74) is 3.13. The van der Waals surface area contributed by atoms with Crippen molar-refractivity contribution < 1.29 is 9.59 Å². The Morgan fingerprint density at radius 1 is 1.23 bits per heavy atom. The van der Waals surface area contributed by atoms with E-state index in [0.717, 1.165) is 30.0 Å². The van der Waals surface area contributed by atoms with Crippen LogP contribution in [0, 0.1) is 6.92 Å². The average molecular weight is 354 g/mol. The van der Waals surface area contributed by atoms with Crippen molar-refractivity contribution in [2.75, 3.05) is 0 Å². The van der Waals surface area contributed by atoms with Crippen molar-refractivity contribution in [3.63, 3.8) is 0 Å². The van der Waals surface area contributed by atoms with Crippen LogP contribution in [0.15, 0.2) is 30.3 Å². The summed E-state index contributed by atoms with van der Waals surface area (Å²) in [7, 11) is 0. The summed E-state index contributed by atoms with van der Waals surface area (Å²) in [5.74, 6) is 0.776. The number of carbonyl (C=O) groups excluding carboxylic acids is 2. The molecule has 2 heterocycles. The smallest absolute Gasteiger partial charge is 0.222 e. The van der Waals surface area contributed by atoms with Crippen LogP contribution in [-0.4, -0.2) is 21.4 Å². The van der Waals surface area contributed by atoms with Crippen molar-refractivity contribution in [3.05, 3.63) is 53.1 Å². The van der Waals surface area contributed by atoms with Gasteiger partial charge in [0.15, 0.2) is 0 Å². The number of benzene rings is 1. The Morgan fingerprint density at radius 3 is 2.73 bits per heavy atom. The van der Waals surface area contributed by atoms with Gasteiger partial charge in [0.2, 0.25) is 11.8 Å². The molecule has 6 nitrogen and oxygen atoms in total. The zero-order valence-corrected chi connectivity index (χ0v) is 15.4. The SMILES string of the molecule is CC(=O)N[C@@H](CC(=O)NCc1nc(C)n2c1CCCC2)c1ccccc1. The molecule has 0 unspecified atom stereocenters. The molecule has 0 aliphatic carbocycles. The van der Waals surface area contributed by atoms with Gasteiger partial charge < -0.3 is 15.2 Å². The Labute approximate surface area is 154 Å². The maximum atomic E-state index is 12.5. The fourth-order valence-corrected chi connectivity index (χ4v) is 3.57. The molecular formula is C20H26N4O2. The summed E-state index contributed by atoms with van der Waals surface area (Å²) in [6.07, 6.45) is 3.58. The molecule has 0 bridgehead atoms. The van der Waals surface area contributed by atoms with Gasteiger partial charge in [-0.3, -0.25) is 9.59 Å². The molecule has 0 fully saturated rings. The van der Waals surface area contributed by atoms with E-state index in [1.54, 1.807) is 0 Å². The Bertz CT molecular complexity index is 783. The van der Waals surface area contributed by atoms with Crippen molar-refractivity contribution >= 4 is 11.8 Å². The molecule has 1 aromatic carbocycles. The van der Waals surface area contributed by atoms with Crippen LogP contribution in [0.5, 0.6) is 0 Å². The molecule has 1 aliphatic heterocycles. The molecule has 1 aromatic heterocycles. The summed E-state index contributed by atoms with van der Waals surface area (Å²) in [6.45, 7) is 4.93. The molecule has 6 heteroatoms. The molecule has 1 atom stereocenters. The Hall–Kier alpha value is -2.63. The van der Waals surface area contributed by atoms with Crippen LogP contribution in [-0.2, 0) is 29.1 Å². The summed E-state index contributed by atoms with van der Waals surface area (Å²) in [5, 5.41) is 5.83. The lowest BCUT2D eigenvalue weighted by Gasteiger charge is -2.18. The Kier molecular flexibility index (Phi) is 5.71. The molecule has 26 heavy (non-hydrogen) atoms. The van der Waals surface area contributed by atoms with E-state index in [0.29, 0.717) is 6.54 Å². The number of hydrogen-bond acceptors (Lipinski definition) is 3. The van der Waals surface area contributed by atoms with Gasteiger partial charge in [-0.05, 0) is 31.7 Å². The lowest BCUT2D eigenvalue weighted by Crippen LogP contribution is -2.32. The third kappa shape index (κ3) is 4.31. The molecule has 0 saturated heterocycles. The van der Waals surface area contributed by atoms with E-state index in [-0.39, 0.29) is 24.3 Å². The molecule has 0 radical (unpaired) electrons. The fourth-order valence-electron chi connectivity index (χ4n) is 3.57. The van der Waals surface area contributed by atoms with E-state index in [1.807, 2.05) is 37.3 Å². The van der Waals surface area contributed by atoms with Crippen molar-refractivity contribution in [1.82, 2.24) is 20.2 Å². The van der Waals surface area contributed by atoms with E-state index in [1.165, 1.54) is 25.5 Å². The van der Waals surface area contributed by atoms with Gasteiger partial charge in [0, 0.05) is 19.2 Å². The van der Waals surface area contributed by atoms with Gasteiger partial charge in [-0.2, -0.15) is 0 Å². The minimum Gasteiger partial charge on any atom is -0.350 e. The van der Waals surface area contributed by atoms with Crippen LogP contribution in [0.4, 0.5) is 0 Å². The van der Waals surface area contributed by atoms with E-state index in [9.17, 15) is 9.59 Å². The van der Waals surface area contributed by atoms with Gasteiger partial charge in [-0.25, -0.2) is 4.98 Å². The molecule has 3 rings (SSSR count). The number of hydrogen-bond donors (Lipinski definition) is 2. The molecule has 2 N–H and O–H groups in total. The van der Waals surface area contributed by atoms with E-state index in [2.05, 4.69) is 20.2 Å². The third-order valence-corrected chi connectivity index (χ3v) is 4.81. The number of aromatic nitrogens is 2.